The molecule has 2 saturated carbocycles. The molecule has 6 atom stereocenters. The Hall–Kier alpha value is -0.880. The van der Waals surface area contributed by atoms with E-state index in [0.29, 0.717) is 0 Å². The molecule has 0 heterocycles. The van der Waals surface area contributed by atoms with Crippen LogP contribution in [0.1, 0.15) is 91.9 Å². The van der Waals surface area contributed by atoms with Crippen molar-refractivity contribution in [2.24, 2.45) is 47.3 Å². The molecular formula is C26H40. The van der Waals surface area contributed by atoms with Crippen molar-refractivity contribution in [3.63, 3.8) is 0 Å². The lowest BCUT2D eigenvalue weighted by molar-refractivity contribution is 0.494. The summed E-state index contributed by atoms with van der Waals surface area (Å²) in [6.45, 7) is 9.40. The van der Waals surface area contributed by atoms with Gasteiger partial charge in [-0.05, 0) is 85.9 Å². The lowest BCUT2D eigenvalue weighted by Crippen LogP contribution is -1.91. The summed E-state index contributed by atoms with van der Waals surface area (Å²) in [5, 5.41) is 0. The minimum atomic E-state index is 0.888. The van der Waals surface area contributed by atoms with Crippen molar-refractivity contribution in [3.05, 3.63) is 0 Å². The van der Waals surface area contributed by atoms with Crippen molar-refractivity contribution in [2.75, 3.05) is 0 Å². The first kappa shape index (κ1) is 19.9. The Morgan fingerprint density at radius 2 is 0.808 bits per heavy atom. The van der Waals surface area contributed by atoms with E-state index in [-0.39, 0.29) is 0 Å². The van der Waals surface area contributed by atoms with E-state index >= 15 is 0 Å². The third-order valence-corrected chi connectivity index (χ3v) is 7.17. The zero-order chi connectivity index (χ0) is 18.5. The van der Waals surface area contributed by atoms with Gasteiger partial charge in [0.15, 0.2) is 0 Å². The average Bonchev–Trinajstić information content (AvgIpc) is 3.34. The normalized spacial score (nSPS) is 37.0. The highest BCUT2D eigenvalue weighted by Crippen LogP contribution is 2.56. The second-order valence-corrected chi connectivity index (χ2v) is 10.1. The molecule has 2 unspecified atom stereocenters. The topological polar surface area (TPSA) is 0 Å². The second-order valence-electron chi connectivity index (χ2n) is 10.1. The summed E-state index contributed by atoms with van der Waals surface area (Å²) >= 11 is 0. The van der Waals surface area contributed by atoms with Crippen LogP contribution in [0.25, 0.3) is 0 Å². The molecule has 4 rings (SSSR count). The van der Waals surface area contributed by atoms with Gasteiger partial charge in [-0.15, -0.1) is 23.7 Å². The first-order chi connectivity index (χ1) is 12.6. The molecule has 0 nitrogen and oxygen atoms in total. The van der Waals surface area contributed by atoms with Gasteiger partial charge in [-0.2, -0.15) is 0 Å². The molecule has 4 aliphatic carbocycles. The molecule has 26 heavy (non-hydrogen) atoms. The van der Waals surface area contributed by atoms with Crippen molar-refractivity contribution in [1.29, 1.82) is 0 Å². The predicted octanol–water partition coefficient (Wildman–Crippen LogP) is 6.94. The maximum Gasteiger partial charge on any atom is 0.00915 e. The molecule has 0 amide bonds. The molecule has 144 valence electrons. The van der Waals surface area contributed by atoms with E-state index in [4.69, 9.17) is 0 Å². The van der Waals surface area contributed by atoms with E-state index < -0.39 is 0 Å². The Labute approximate surface area is 163 Å². The predicted molar refractivity (Wildman–Crippen MR) is 112 cm³/mol. The fourth-order valence-electron chi connectivity index (χ4n) is 5.86. The van der Waals surface area contributed by atoms with Gasteiger partial charge >= 0.3 is 0 Å². The summed E-state index contributed by atoms with van der Waals surface area (Å²) in [5.41, 5.74) is 0. The lowest BCUT2D eigenvalue weighted by Gasteiger charge is -2.02. The van der Waals surface area contributed by atoms with Gasteiger partial charge in [0.25, 0.3) is 0 Å². The first-order valence-electron chi connectivity index (χ1n) is 11.5. The van der Waals surface area contributed by atoms with Gasteiger partial charge in [0, 0.05) is 25.7 Å². The molecule has 0 saturated heterocycles. The van der Waals surface area contributed by atoms with Gasteiger partial charge in [0.1, 0.15) is 0 Å². The van der Waals surface area contributed by atoms with E-state index in [1.165, 1.54) is 38.5 Å². The summed E-state index contributed by atoms with van der Waals surface area (Å²) in [6.07, 6.45) is 13.1. The van der Waals surface area contributed by atoms with Gasteiger partial charge in [0.05, 0.1) is 0 Å². The van der Waals surface area contributed by atoms with Crippen molar-refractivity contribution in [2.45, 2.75) is 91.9 Å². The minimum Gasteiger partial charge on any atom is -0.103 e. The van der Waals surface area contributed by atoms with Gasteiger partial charge in [-0.3, -0.25) is 0 Å². The van der Waals surface area contributed by atoms with Crippen LogP contribution in [0.2, 0.25) is 0 Å². The van der Waals surface area contributed by atoms with Gasteiger partial charge in [0.2, 0.25) is 0 Å². The molecule has 2 fully saturated rings. The highest BCUT2D eigenvalue weighted by atomic mass is 14.5. The Balaban J connectivity index is 0.000000151. The zero-order valence-corrected chi connectivity index (χ0v) is 17.7. The van der Waals surface area contributed by atoms with Crippen LogP contribution in [-0.4, -0.2) is 0 Å². The van der Waals surface area contributed by atoms with E-state index in [1.807, 2.05) is 0 Å². The lowest BCUT2D eigenvalue weighted by atomic mass is 10.0. The number of rotatable bonds is 4. The average molecular weight is 353 g/mol. The molecule has 0 aromatic rings. The maximum atomic E-state index is 3.27. The fraction of sp³-hybridized carbons (Fsp3) is 0.846. The molecular weight excluding hydrogens is 312 g/mol. The van der Waals surface area contributed by atoms with Gasteiger partial charge in [-0.25, -0.2) is 0 Å². The Bertz CT molecular complexity index is 472. The Kier molecular flexibility index (Phi) is 7.15. The molecule has 0 heteroatoms. The SMILES string of the molecule is CC(C)CC1[C@H]2CCC#CCC[C@@H]12.CC(C)CC1[C@H]2CCC#CCC[C@@H]12. The summed E-state index contributed by atoms with van der Waals surface area (Å²) < 4.78 is 0. The smallest absolute Gasteiger partial charge is 0.00915 e. The molecule has 0 aromatic carbocycles. The van der Waals surface area contributed by atoms with Gasteiger partial charge in [-0.1, -0.05) is 27.7 Å². The minimum absolute atomic E-state index is 0.888. The number of hydrogen-bond donors (Lipinski definition) is 0. The molecule has 0 bridgehead atoms. The zero-order valence-electron chi connectivity index (χ0n) is 17.7. The van der Waals surface area contributed by atoms with Crippen molar-refractivity contribution in [1.82, 2.24) is 0 Å². The van der Waals surface area contributed by atoms with Crippen molar-refractivity contribution in [3.8, 4) is 23.7 Å². The fourth-order valence-corrected chi connectivity index (χ4v) is 5.86. The third kappa shape index (κ3) is 5.56. The van der Waals surface area contributed by atoms with Crippen LogP contribution >= 0.6 is 0 Å². The quantitative estimate of drug-likeness (QED) is 0.480. The van der Waals surface area contributed by atoms with Crippen molar-refractivity contribution < 1.29 is 0 Å². The summed E-state index contributed by atoms with van der Waals surface area (Å²) in [6, 6.07) is 0. The third-order valence-electron chi connectivity index (χ3n) is 7.17. The van der Waals surface area contributed by atoms with Crippen LogP contribution in [0.15, 0.2) is 0 Å². The molecule has 0 radical (unpaired) electrons. The van der Waals surface area contributed by atoms with Crippen LogP contribution in [0.4, 0.5) is 0 Å². The van der Waals surface area contributed by atoms with Crippen LogP contribution < -0.4 is 0 Å². The van der Waals surface area contributed by atoms with Crippen LogP contribution in [-0.2, 0) is 0 Å². The van der Waals surface area contributed by atoms with E-state index in [1.54, 1.807) is 0 Å². The largest absolute Gasteiger partial charge is 0.103 e. The van der Waals surface area contributed by atoms with Crippen LogP contribution in [0.5, 0.6) is 0 Å². The van der Waals surface area contributed by atoms with E-state index in [2.05, 4.69) is 51.4 Å². The number of fused-ring (bicyclic) bond motifs is 2. The standard InChI is InChI=1S/2C13H20/c2*1-10(2)9-13-11-7-5-3-4-6-8-12(11)13/h2*10-13H,5-9H2,1-2H3/t2*11-,12+,13?. The summed E-state index contributed by atoms with van der Waals surface area (Å²) in [5.74, 6) is 21.2. The Morgan fingerprint density at radius 1 is 0.538 bits per heavy atom. The summed E-state index contributed by atoms with van der Waals surface area (Å²) in [4.78, 5) is 0. The van der Waals surface area contributed by atoms with Gasteiger partial charge < -0.3 is 0 Å². The summed E-state index contributed by atoms with van der Waals surface area (Å²) in [7, 11) is 0. The second kappa shape index (κ2) is 9.36. The molecule has 0 spiro atoms. The van der Waals surface area contributed by atoms with Crippen LogP contribution in [0, 0.1) is 71.0 Å². The Morgan fingerprint density at radius 3 is 1.04 bits per heavy atom. The highest BCUT2D eigenvalue weighted by molar-refractivity contribution is 5.08. The first-order valence-corrected chi connectivity index (χ1v) is 11.5. The monoisotopic (exact) mass is 352 g/mol. The van der Waals surface area contributed by atoms with E-state index in [9.17, 15) is 0 Å². The molecule has 0 aromatic heterocycles. The van der Waals surface area contributed by atoms with E-state index in [0.717, 1.165) is 73.0 Å². The molecule has 0 aliphatic heterocycles. The van der Waals surface area contributed by atoms with Crippen LogP contribution in [0.3, 0.4) is 0 Å². The van der Waals surface area contributed by atoms with Crippen molar-refractivity contribution >= 4 is 0 Å². The molecule has 4 aliphatic rings. The molecule has 0 N–H and O–H groups in total. The number of hydrogen-bond acceptors (Lipinski definition) is 0. The maximum absolute atomic E-state index is 3.27. The highest BCUT2D eigenvalue weighted by Gasteiger charge is 2.48.